The lowest BCUT2D eigenvalue weighted by Crippen LogP contribution is -1.99. The third-order valence-corrected chi connectivity index (χ3v) is 4.63. The summed E-state index contributed by atoms with van der Waals surface area (Å²) in [6, 6.07) is 10.0. The number of aromatic nitrogens is 3. The third kappa shape index (κ3) is 2.68. The Morgan fingerprint density at radius 2 is 1.96 bits per heavy atom. The molecule has 6 heteroatoms. The Kier molecular flexibility index (Phi) is 4.26. The van der Waals surface area contributed by atoms with Gasteiger partial charge in [0.1, 0.15) is 5.65 Å². The van der Waals surface area contributed by atoms with Crippen LogP contribution >= 0.6 is 0 Å². The number of pyridine rings is 1. The zero-order valence-corrected chi connectivity index (χ0v) is 14.8. The quantitative estimate of drug-likeness (QED) is 0.557. The van der Waals surface area contributed by atoms with Gasteiger partial charge in [-0.25, -0.2) is 4.98 Å². The molecule has 0 atom stereocenters. The van der Waals surface area contributed by atoms with Gasteiger partial charge in [0.2, 0.25) is 0 Å². The zero-order valence-electron chi connectivity index (χ0n) is 14.8. The maximum atomic E-state index is 9.23. The van der Waals surface area contributed by atoms with Crippen LogP contribution in [-0.2, 0) is 6.54 Å². The van der Waals surface area contributed by atoms with Crippen molar-refractivity contribution in [2.24, 2.45) is 0 Å². The topological polar surface area (TPSA) is 72.3 Å². The molecule has 0 aliphatic rings. The Hall–Kier alpha value is -2.99. The normalized spacial score (nSPS) is 11.3. The second kappa shape index (κ2) is 6.72. The second-order valence-electron chi connectivity index (χ2n) is 6.16. The van der Waals surface area contributed by atoms with Crippen LogP contribution in [0, 0.1) is 0 Å². The number of aliphatic hydroxyl groups is 1. The molecule has 1 aromatic carbocycles. The minimum Gasteiger partial charge on any atom is -0.493 e. The summed E-state index contributed by atoms with van der Waals surface area (Å²) in [6.45, 7) is 0.875. The Morgan fingerprint density at radius 3 is 2.69 bits per heavy atom. The van der Waals surface area contributed by atoms with Crippen LogP contribution in [0.4, 0.5) is 0 Å². The molecule has 3 heterocycles. The van der Waals surface area contributed by atoms with Crippen molar-refractivity contribution in [3.8, 4) is 22.8 Å². The third-order valence-electron chi connectivity index (χ3n) is 4.63. The molecular weight excluding hydrogens is 330 g/mol. The number of ether oxygens (including phenoxy) is 2. The first-order valence-corrected chi connectivity index (χ1v) is 8.55. The van der Waals surface area contributed by atoms with Crippen LogP contribution in [0.25, 0.3) is 33.2 Å². The number of aliphatic hydroxyl groups excluding tert-OH is 1. The van der Waals surface area contributed by atoms with Gasteiger partial charge in [0, 0.05) is 53.6 Å². The Balaban J connectivity index is 1.95. The van der Waals surface area contributed by atoms with Crippen molar-refractivity contribution in [2.75, 3.05) is 20.8 Å². The highest BCUT2D eigenvalue weighted by Gasteiger charge is 2.16. The van der Waals surface area contributed by atoms with Crippen molar-refractivity contribution in [2.45, 2.75) is 13.0 Å². The molecule has 6 nitrogen and oxygen atoms in total. The fourth-order valence-electron chi connectivity index (χ4n) is 3.36. The molecule has 3 aromatic heterocycles. The summed E-state index contributed by atoms with van der Waals surface area (Å²) in [5.74, 6) is 1.38. The first-order valence-electron chi connectivity index (χ1n) is 8.55. The van der Waals surface area contributed by atoms with E-state index in [0.717, 1.165) is 39.7 Å². The Morgan fingerprint density at radius 1 is 1.15 bits per heavy atom. The summed E-state index contributed by atoms with van der Waals surface area (Å²) >= 11 is 0. The smallest absolute Gasteiger partial charge is 0.162 e. The van der Waals surface area contributed by atoms with Gasteiger partial charge in [-0.2, -0.15) is 0 Å². The van der Waals surface area contributed by atoms with Gasteiger partial charge < -0.3 is 24.1 Å². The summed E-state index contributed by atoms with van der Waals surface area (Å²) in [4.78, 5) is 7.78. The van der Waals surface area contributed by atoms with Gasteiger partial charge >= 0.3 is 0 Å². The van der Waals surface area contributed by atoms with Crippen molar-refractivity contribution >= 4 is 21.9 Å². The number of nitrogens with zero attached hydrogens (tertiary/aromatic N) is 2. The van der Waals surface area contributed by atoms with E-state index in [4.69, 9.17) is 9.47 Å². The number of hydrogen-bond donors (Lipinski definition) is 2. The first-order chi connectivity index (χ1) is 12.7. The highest BCUT2D eigenvalue weighted by Crippen LogP contribution is 2.38. The Labute approximate surface area is 151 Å². The van der Waals surface area contributed by atoms with E-state index in [2.05, 4.69) is 26.8 Å². The molecule has 26 heavy (non-hydrogen) atoms. The summed E-state index contributed by atoms with van der Waals surface area (Å²) in [6.07, 6.45) is 4.57. The van der Waals surface area contributed by atoms with Gasteiger partial charge in [-0.1, -0.05) is 0 Å². The number of aromatic amines is 1. The lowest BCUT2D eigenvalue weighted by Gasteiger charge is -2.09. The SMILES string of the molecule is COc1cc2c(-c3cc4cccnc4[nH]3)cn(CCCO)c2cc1OC. The van der Waals surface area contributed by atoms with Gasteiger partial charge in [0.05, 0.1) is 19.7 Å². The molecule has 4 aromatic rings. The number of aryl methyl sites for hydroxylation is 1. The van der Waals surface area contributed by atoms with E-state index >= 15 is 0 Å². The van der Waals surface area contributed by atoms with E-state index in [1.54, 1.807) is 20.4 Å². The number of benzene rings is 1. The summed E-state index contributed by atoms with van der Waals surface area (Å²) in [5.41, 5.74) is 3.97. The van der Waals surface area contributed by atoms with Crippen molar-refractivity contribution in [3.05, 3.63) is 42.7 Å². The van der Waals surface area contributed by atoms with Crippen LogP contribution < -0.4 is 9.47 Å². The number of methoxy groups -OCH3 is 2. The lowest BCUT2D eigenvalue weighted by atomic mass is 10.1. The average Bonchev–Trinajstić information content (AvgIpc) is 3.25. The predicted octanol–water partition coefficient (Wildman–Crippen LogP) is 3.58. The molecule has 0 aliphatic heterocycles. The molecule has 134 valence electrons. The summed E-state index contributed by atoms with van der Waals surface area (Å²) in [5, 5.41) is 11.4. The molecule has 4 rings (SSSR count). The molecule has 0 amide bonds. The van der Waals surface area contributed by atoms with Gasteiger partial charge in [0.25, 0.3) is 0 Å². The zero-order chi connectivity index (χ0) is 18.1. The monoisotopic (exact) mass is 351 g/mol. The van der Waals surface area contributed by atoms with Gasteiger partial charge in [-0.3, -0.25) is 0 Å². The minimum atomic E-state index is 0.151. The van der Waals surface area contributed by atoms with E-state index in [1.807, 2.05) is 24.3 Å². The average molecular weight is 351 g/mol. The van der Waals surface area contributed by atoms with Crippen molar-refractivity contribution < 1.29 is 14.6 Å². The summed E-state index contributed by atoms with van der Waals surface area (Å²) in [7, 11) is 3.27. The van der Waals surface area contributed by atoms with E-state index in [1.165, 1.54) is 0 Å². The molecule has 0 saturated heterocycles. The van der Waals surface area contributed by atoms with E-state index in [-0.39, 0.29) is 6.61 Å². The van der Waals surface area contributed by atoms with Crippen molar-refractivity contribution in [3.63, 3.8) is 0 Å². The summed E-state index contributed by atoms with van der Waals surface area (Å²) < 4.78 is 13.1. The number of fused-ring (bicyclic) bond motifs is 2. The number of hydrogen-bond acceptors (Lipinski definition) is 4. The molecule has 2 N–H and O–H groups in total. The fourth-order valence-corrected chi connectivity index (χ4v) is 3.36. The number of H-pyrrole nitrogens is 1. The van der Waals surface area contributed by atoms with E-state index in [0.29, 0.717) is 17.9 Å². The van der Waals surface area contributed by atoms with Crippen molar-refractivity contribution in [1.29, 1.82) is 0 Å². The predicted molar refractivity (Wildman–Crippen MR) is 102 cm³/mol. The van der Waals surface area contributed by atoms with Crippen LogP contribution in [0.5, 0.6) is 11.5 Å². The van der Waals surface area contributed by atoms with Crippen molar-refractivity contribution in [1.82, 2.24) is 14.5 Å². The van der Waals surface area contributed by atoms with Crippen LogP contribution in [-0.4, -0.2) is 40.5 Å². The molecule has 0 unspecified atom stereocenters. The fraction of sp³-hybridized carbons (Fsp3) is 0.250. The molecular formula is C20H21N3O3. The van der Waals surface area contributed by atoms with Crippen LogP contribution in [0.2, 0.25) is 0 Å². The molecule has 0 radical (unpaired) electrons. The van der Waals surface area contributed by atoms with Crippen LogP contribution in [0.1, 0.15) is 6.42 Å². The van der Waals surface area contributed by atoms with Crippen LogP contribution in [0.15, 0.2) is 42.7 Å². The largest absolute Gasteiger partial charge is 0.493 e. The maximum Gasteiger partial charge on any atom is 0.162 e. The minimum absolute atomic E-state index is 0.151. The number of rotatable bonds is 6. The second-order valence-corrected chi connectivity index (χ2v) is 6.16. The van der Waals surface area contributed by atoms with Gasteiger partial charge in [-0.05, 0) is 30.7 Å². The van der Waals surface area contributed by atoms with E-state index in [9.17, 15) is 5.11 Å². The Bertz CT molecular complexity index is 1030. The lowest BCUT2D eigenvalue weighted by molar-refractivity contribution is 0.280. The standard InChI is InChI=1S/C20H21N3O3/c1-25-18-10-14-15(16-9-13-5-3-6-21-20(13)22-16)12-23(7-4-8-24)17(14)11-19(18)26-2/h3,5-6,9-12,24H,4,7-8H2,1-2H3,(H,21,22). The molecule has 0 bridgehead atoms. The molecule has 0 aliphatic carbocycles. The highest BCUT2D eigenvalue weighted by molar-refractivity contribution is 5.99. The van der Waals surface area contributed by atoms with Gasteiger partial charge in [-0.15, -0.1) is 0 Å². The van der Waals surface area contributed by atoms with Gasteiger partial charge in [0.15, 0.2) is 11.5 Å². The van der Waals surface area contributed by atoms with Crippen LogP contribution in [0.3, 0.4) is 0 Å². The van der Waals surface area contributed by atoms with E-state index < -0.39 is 0 Å². The highest BCUT2D eigenvalue weighted by atomic mass is 16.5. The molecule has 0 spiro atoms. The maximum absolute atomic E-state index is 9.23. The number of nitrogens with one attached hydrogen (secondary N) is 1. The molecule has 0 fully saturated rings. The molecule has 0 saturated carbocycles. The first kappa shape index (κ1) is 16.5.